The lowest BCUT2D eigenvalue weighted by Crippen LogP contribution is -2.39. The molecule has 9 heteroatoms. The van der Waals surface area contributed by atoms with E-state index in [1.54, 1.807) is 24.3 Å². The average Bonchev–Trinajstić information content (AvgIpc) is 3.16. The van der Waals surface area contributed by atoms with E-state index in [0.29, 0.717) is 17.1 Å². The summed E-state index contributed by atoms with van der Waals surface area (Å²) >= 11 is 0. The first-order valence-corrected chi connectivity index (χ1v) is 12.4. The molecule has 0 fully saturated rings. The quantitative estimate of drug-likeness (QED) is 0.511. The van der Waals surface area contributed by atoms with Crippen molar-refractivity contribution in [3.63, 3.8) is 0 Å². The maximum atomic E-state index is 13.0. The summed E-state index contributed by atoms with van der Waals surface area (Å²) in [6.07, 6.45) is 1.04. The van der Waals surface area contributed by atoms with Gasteiger partial charge in [-0.3, -0.25) is 18.9 Å². The second kappa shape index (κ2) is 9.48. The van der Waals surface area contributed by atoms with Crippen LogP contribution in [0.2, 0.25) is 0 Å². The van der Waals surface area contributed by atoms with E-state index < -0.39 is 21.8 Å². The van der Waals surface area contributed by atoms with Crippen molar-refractivity contribution < 1.29 is 18.0 Å². The molecule has 3 aromatic rings. The largest absolute Gasteiger partial charge is 0.358 e. The monoisotopic (exact) mass is 476 g/mol. The molecule has 0 aliphatic carbocycles. The zero-order valence-electron chi connectivity index (χ0n) is 18.7. The van der Waals surface area contributed by atoms with E-state index in [9.17, 15) is 18.0 Å². The first kappa shape index (κ1) is 23.2. The van der Waals surface area contributed by atoms with Gasteiger partial charge in [0.2, 0.25) is 21.8 Å². The van der Waals surface area contributed by atoms with Crippen LogP contribution in [0.1, 0.15) is 17.0 Å². The minimum atomic E-state index is -3.73. The molecule has 0 spiro atoms. The summed E-state index contributed by atoms with van der Waals surface area (Å²) in [4.78, 5) is 29.7. The number of sulfonamides is 1. The minimum absolute atomic E-state index is 0.183. The second-order valence-electron chi connectivity index (χ2n) is 7.84. The number of aliphatic imine (C=N–C) groups is 1. The zero-order chi connectivity index (χ0) is 24.3. The topological polar surface area (TPSA) is 108 Å². The molecular formula is C25H24N4O4S. The lowest BCUT2D eigenvalue weighted by Gasteiger charge is -2.22. The number of rotatable bonds is 7. The summed E-state index contributed by atoms with van der Waals surface area (Å²) in [6.45, 7) is -0.355. The van der Waals surface area contributed by atoms with Crippen molar-refractivity contribution in [3.8, 4) is 0 Å². The SMILES string of the molecule is CNC(=O)CN(c1cccc(N=C(c2ccccc2)C2C(=O)Nc3ccccc32)c1)S(C)(=O)=O. The third-order valence-electron chi connectivity index (χ3n) is 5.47. The molecule has 0 radical (unpaired) electrons. The van der Waals surface area contributed by atoms with E-state index in [0.717, 1.165) is 27.4 Å². The molecule has 1 heterocycles. The molecule has 0 saturated carbocycles. The van der Waals surface area contributed by atoms with E-state index in [1.807, 2.05) is 54.6 Å². The van der Waals surface area contributed by atoms with Crippen molar-refractivity contribution in [1.29, 1.82) is 0 Å². The highest BCUT2D eigenvalue weighted by molar-refractivity contribution is 7.92. The number of amides is 2. The van der Waals surface area contributed by atoms with Crippen molar-refractivity contribution in [2.24, 2.45) is 4.99 Å². The van der Waals surface area contributed by atoms with Crippen LogP contribution in [0, 0.1) is 0 Å². The molecule has 4 rings (SSSR count). The van der Waals surface area contributed by atoms with Gasteiger partial charge in [-0.1, -0.05) is 54.6 Å². The molecule has 0 saturated heterocycles. The Morgan fingerprint density at radius 3 is 2.44 bits per heavy atom. The molecule has 1 unspecified atom stereocenters. The van der Waals surface area contributed by atoms with E-state index in [1.165, 1.54) is 7.05 Å². The van der Waals surface area contributed by atoms with Crippen LogP contribution >= 0.6 is 0 Å². The van der Waals surface area contributed by atoms with Gasteiger partial charge < -0.3 is 10.6 Å². The Bertz CT molecular complexity index is 1370. The van der Waals surface area contributed by atoms with Crippen LogP contribution in [0.5, 0.6) is 0 Å². The maximum absolute atomic E-state index is 13.0. The van der Waals surface area contributed by atoms with Gasteiger partial charge in [0, 0.05) is 12.7 Å². The summed E-state index contributed by atoms with van der Waals surface area (Å²) in [7, 11) is -2.28. The Labute approximate surface area is 198 Å². The normalized spacial score (nSPS) is 15.4. The Morgan fingerprint density at radius 1 is 1.03 bits per heavy atom. The first-order valence-electron chi connectivity index (χ1n) is 10.6. The molecular weight excluding hydrogens is 452 g/mol. The first-order chi connectivity index (χ1) is 16.3. The van der Waals surface area contributed by atoms with Crippen LogP contribution < -0.4 is 14.9 Å². The maximum Gasteiger partial charge on any atom is 0.240 e. The fraction of sp³-hybridized carbons (Fsp3) is 0.160. The fourth-order valence-electron chi connectivity index (χ4n) is 3.85. The van der Waals surface area contributed by atoms with E-state index >= 15 is 0 Å². The summed E-state index contributed by atoms with van der Waals surface area (Å²) in [5.41, 5.74) is 3.63. The van der Waals surface area contributed by atoms with Crippen LogP contribution in [-0.2, 0) is 19.6 Å². The van der Waals surface area contributed by atoms with Crippen LogP contribution in [0.3, 0.4) is 0 Å². The number of para-hydroxylation sites is 1. The lowest BCUT2D eigenvalue weighted by molar-refractivity contribution is -0.119. The second-order valence-corrected chi connectivity index (χ2v) is 9.74. The lowest BCUT2D eigenvalue weighted by atomic mass is 9.90. The Hall–Kier alpha value is -3.98. The van der Waals surface area contributed by atoms with Crippen molar-refractivity contribution in [3.05, 3.63) is 90.0 Å². The molecule has 2 amide bonds. The van der Waals surface area contributed by atoms with E-state index in [2.05, 4.69) is 10.6 Å². The average molecular weight is 477 g/mol. The highest BCUT2D eigenvalue weighted by Gasteiger charge is 2.35. The predicted octanol–water partition coefficient (Wildman–Crippen LogP) is 3.06. The van der Waals surface area contributed by atoms with Gasteiger partial charge in [0.15, 0.2) is 0 Å². The number of fused-ring (bicyclic) bond motifs is 1. The van der Waals surface area contributed by atoms with Crippen LogP contribution in [0.25, 0.3) is 0 Å². The van der Waals surface area contributed by atoms with Gasteiger partial charge in [-0.2, -0.15) is 0 Å². The zero-order valence-corrected chi connectivity index (χ0v) is 19.5. The molecule has 0 aromatic heterocycles. The number of hydrogen-bond donors (Lipinski definition) is 2. The molecule has 174 valence electrons. The Morgan fingerprint density at radius 2 is 1.74 bits per heavy atom. The Kier molecular flexibility index (Phi) is 6.47. The number of nitrogens with zero attached hydrogens (tertiary/aromatic N) is 2. The highest BCUT2D eigenvalue weighted by atomic mass is 32.2. The van der Waals surface area contributed by atoms with Gasteiger partial charge in [-0.15, -0.1) is 0 Å². The van der Waals surface area contributed by atoms with Crippen molar-refractivity contribution in [2.75, 3.05) is 29.5 Å². The molecule has 1 aliphatic heterocycles. The van der Waals surface area contributed by atoms with E-state index in [4.69, 9.17) is 4.99 Å². The molecule has 34 heavy (non-hydrogen) atoms. The van der Waals surface area contributed by atoms with Crippen LogP contribution in [0.4, 0.5) is 17.1 Å². The molecule has 3 aromatic carbocycles. The number of nitrogens with one attached hydrogen (secondary N) is 2. The number of benzene rings is 3. The standard InChI is InChI=1S/C25H24N4O4S/c1-26-22(30)16-29(34(2,32)33)19-12-8-11-18(15-19)27-24(17-9-4-3-5-10-17)23-20-13-6-7-14-21(20)28-25(23)31/h3-15,23H,16H2,1-2H3,(H,26,30)(H,28,31). The third kappa shape index (κ3) is 4.84. The summed E-state index contributed by atoms with van der Waals surface area (Å²) in [5, 5.41) is 5.35. The van der Waals surface area contributed by atoms with Gasteiger partial charge in [-0.05, 0) is 35.4 Å². The van der Waals surface area contributed by atoms with Crippen LogP contribution in [0.15, 0.2) is 83.9 Å². The van der Waals surface area contributed by atoms with Crippen molar-refractivity contribution in [2.45, 2.75) is 5.92 Å². The minimum Gasteiger partial charge on any atom is -0.358 e. The molecule has 1 atom stereocenters. The smallest absolute Gasteiger partial charge is 0.240 e. The molecule has 8 nitrogen and oxygen atoms in total. The van der Waals surface area contributed by atoms with Crippen molar-refractivity contribution >= 4 is 44.6 Å². The predicted molar refractivity (Wildman–Crippen MR) is 133 cm³/mol. The number of carbonyl (C=O) groups excluding carboxylic acids is 2. The number of carbonyl (C=O) groups is 2. The summed E-state index contributed by atoms with van der Waals surface area (Å²) in [6, 6.07) is 23.4. The molecule has 1 aliphatic rings. The molecule has 0 bridgehead atoms. The Balaban J connectivity index is 1.82. The third-order valence-corrected chi connectivity index (χ3v) is 6.61. The fourth-order valence-corrected chi connectivity index (χ4v) is 4.70. The number of likely N-dealkylation sites (N-methyl/N-ethyl adjacent to an activating group) is 1. The summed E-state index contributed by atoms with van der Waals surface area (Å²) in [5.74, 6) is -1.25. The number of anilines is 2. The van der Waals surface area contributed by atoms with Gasteiger partial charge in [0.1, 0.15) is 12.5 Å². The van der Waals surface area contributed by atoms with Gasteiger partial charge >= 0.3 is 0 Å². The molecule has 2 N–H and O–H groups in total. The van der Waals surface area contributed by atoms with E-state index in [-0.39, 0.29) is 12.5 Å². The van der Waals surface area contributed by atoms with Gasteiger partial charge in [0.05, 0.1) is 23.3 Å². The highest BCUT2D eigenvalue weighted by Crippen LogP contribution is 2.36. The van der Waals surface area contributed by atoms with Crippen LogP contribution in [-0.4, -0.2) is 45.8 Å². The van der Waals surface area contributed by atoms with Crippen molar-refractivity contribution in [1.82, 2.24) is 5.32 Å². The number of hydrogen-bond acceptors (Lipinski definition) is 5. The van der Waals surface area contributed by atoms with Gasteiger partial charge in [-0.25, -0.2) is 8.42 Å². The summed E-state index contributed by atoms with van der Waals surface area (Å²) < 4.78 is 25.8. The van der Waals surface area contributed by atoms with Gasteiger partial charge in [0.25, 0.3) is 0 Å².